The molecule has 0 N–H and O–H groups in total. The van der Waals surface area contributed by atoms with Crippen molar-refractivity contribution in [2.24, 2.45) is 0 Å². The van der Waals surface area contributed by atoms with Crippen molar-refractivity contribution in [2.45, 2.75) is 0 Å². The summed E-state index contributed by atoms with van der Waals surface area (Å²) in [6, 6.07) is 93.4. The molecule has 308 valence electrons. The van der Waals surface area contributed by atoms with Gasteiger partial charge in [-0.05, 0) is 126 Å². The summed E-state index contributed by atoms with van der Waals surface area (Å²) in [7, 11) is 0. The number of benzene rings is 12. The Kier molecular flexibility index (Phi) is 8.89. The predicted molar refractivity (Wildman–Crippen MR) is 283 cm³/mol. The number of nitrogens with zero attached hydrogens (tertiary/aromatic N) is 2. The van der Waals surface area contributed by atoms with Crippen molar-refractivity contribution in [3.63, 3.8) is 0 Å². The van der Waals surface area contributed by atoms with E-state index in [0.29, 0.717) is 0 Å². The van der Waals surface area contributed by atoms with Gasteiger partial charge in [-0.25, -0.2) is 0 Å². The Balaban J connectivity index is 1.09. The van der Waals surface area contributed by atoms with Crippen molar-refractivity contribution in [2.75, 3.05) is 9.80 Å². The van der Waals surface area contributed by atoms with Crippen LogP contribution in [0, 0.1) is 0 Å². The molecule has 0 bridgehead atoms. The van der Waals surface area contributed by atoms with Gasteiger partial charge in [-0.3, -0.25) is 0 Å². The van der Waals surface area contributed by atoms with Gasteiger partial charge in [-0.2, -0.15) is 0 Å². The van der Waals surface area contributed by atoms with E-state index in [2.05, 4.69) is 265 Å². The Labute approximate surface area is 383 Å². The number of anilines is 6. The van der Waals surface area contributed by atoms with Crippen LogP contribution in [0.2, 0.25) is 0 Å². The molecule has 13 aromatic rings. The first kappa shape index (κ1) is 37.8. The molecule has 2 heteroatoms. The minimum absolute atomic E-state index is 1.11. The Morgan fingerprint density at radius 3 is 0.864 bits per heavy atom. The molecule has 0 saturated carbocycles. The number of hydrogen-bond acceptors (Lipinski definition) is 2. The van der Waals surface area contributed by atoms with E-state index >= 15 is 0 Å². The Morgan fingerprint density at radius 2 is 0.485 bits per heavy atom. The molecule has 0 aliphatic carbocycles. The van der Waals surface area contributed by atoms with Crippen molar-refractivity contribution in [1.29, 1.82) is 0 Å². The van der Waals surface area contributed by atoms with Gasteiger partial charge in [0.15, 0.2) is 0 Å². The van der Waals surface area contributed by atoms with Crippen LogP contribution < -0.4 is 9.80 Å². The zero-order valence-electron chi connectivity index (χ0n) is 36.1. The average molecular weight is 839 g/mol. The lowest BCUT2D eigenvalue weighted by molar-refractivity contribution is 1.30. The molecular formula is C64H42N2. The summed E-state index contributed by atoms with van der Waals surface area (Å²) in [6.07, 6.45) is 0. The second-order valence-electron chi connectivity index (χ2n) is 17.2. The number of rotatable bonds is 8. The highest BCUT2D eigenvalue weighted by atomic mass is 15.1. The largest absolute Gasteiger partial charge is 0.310 e. The standard InChI is InChI=1S/C64H42N2/c1-5-17-43(18-6-1)45-33-37-51(38-34-45)65(49-23-9-3-10-24-49)59-41-47-21-13-27-54-56-30-16-32-58-60(42-48-22-14-28-53(62(48)64(56)58)55-29-15-31-57(59)63(55)61(47)54)66(50-25-11-4-12-26-50)52-39-35-46(36-40-52)44-19-7-2-8-20-44/h1-42H. The second kappa shape index (κ2) is 15.5. The first-order valence-electron chi connectivity index (χ1n) is 22.8. The first-order valence-corrected chi connectivity index (χ1v) is 22.8. The molecule has 0 saturated heterocycles. The van der Waals surface area contributed by atoms with Crippen LogP contribution in [0.25, 0.3) is 86.9 Å². The third kappa shape index (κ3) is 6.11. The molecule has 0 spiro atoms. The molecule has 0 heterocycles. The third-order valence-electron chi connectivity index (χ3n) is 13.5. The van der Waals surface area contributed by atoms with Crippen LogP contribution in [0.1, 0.15) is 0 Å². The number of para-hydroxylation sites is 2. The lowest BCUT2D eigenvalue weighted by Crippen LogP contribution is -2.11. The van der Waals surface area contributed by atoms with Gasteiger partial charge in [-0.15, -0.1) is 0 Å². The number of fused-ring (bicyclic) bond motifs is 2. The van der Waals surface area contributed by atoms with E-state index in [1.165, 1.54) is 86.9 Å². The van der Waals surface area contributed by atoms with Crippen molar-refractivity contribution >= 4 is 98.8 Å². The molecule has 0 amide bonds. The maximum absolute atomic E-state index is 2.44. The van der Waals surface area contributed by atoms with Crippen LogP contribution >= 0.6 is 0 Å². The van der Waals surface area contributed by atoms with Crippen LogP contribution in [0.15, 0.2) is 255 Å². The molecule has 66 heavy (non-hydrogen) atoms. The smallest absolute Gasteiger partial charge is 0.0546 e. The van der Waals surface area contributed by atoms with Gasteiger partial charge in [-0.1, -0.05) is 194 Å². The molecule has 0 atom stereocenters. The van der Waals surface area contributed by atoms with Gasteiger partial charge >= 0.3 is 0 Å². The summed E-state index contributed by atoms with van der Waals surface area (Å²) in [4.78, 5) is 4.87. The maximum Gasteiger partial charge on any atom is 0.0546 e. The monoisotopic (exact) mass is 838 g/mol. The summed E-state index contributed by atoms with van der Waals surface area (Å²) >= 11 is 0. The Hall–Kier alpha value is -8.72. The minimum atomic E-state index is 1.11. The van der Waals surface area contributed by atoms with Crippen molar-refractivity contribution in [3.8, 4) is 22.3 Å². The molecule has 0 fully saturated rings. The van der Waals surface area contributed by atoms with Crippen LogP contribution in [-0.2, 0) is 0 Å². The molecule has 0 unspecified atom stereocenters. The van der Waals surface area contributed by atoms with Gasteiger partial charge < -0.3 is 9.80 Å². The van der Waals surface area contributed by atoms with Crippen LogP contribution in [0.4, 0.5) is 34.1 Å². The molecule has 0 aliphatic rings. The summed E-state index contributed by atoms with van der Waals surface area (Å²) < 4.78 is 0. The topological polar surface area (TPSA) is 6.48 Å². The Bertz CT molecular complexity index is 3630. The van der Waals surface area contributed by atoms with Gasteiger partial charge in [0, 0.05) is 44.3 Å². The van der Waals surface area contributed by atoms with Gasteiger partial charge in [0.05, 0.1) is 11.4 Å². The lowest BCUT2D eigenvalue weighted by atomic mass is 9.86. The molecular weight excluding hydrogens is 797 g/mol. The number of hydrogen-bond donors (Lipinski definition) is 0. The highest BCUT2D eigenvalue weighted by molar-refractivity contribution is 6.39. The van der Waals surface area contributed by atoms with Crippen molar-refractivity contribution in [3.05, 3.63) is 255 Å². The van der Waals surface area contributed by atoms with Crippen LogP contribution in [0.5, 0.6) is 0 Å². The van der Waals surface area contributed by atoms with Crippen molar-refractivity contribution < 1.29 is 0 Å². The fraction of sp³-hybridized carbons (Fsp3) is 0. The second-order valence-corrected chi connectivity index (χ2v) is 17.2. The van der Waals surface area contributed by atoms with Gasteiger partial charge in [0.2, 0.25) is 0 Å². The maximum atomic E-state index is 2.44. The summed E-state index contributed by atoms with van der Waals surface area (Å²) in [6.45, 7) is 0. The van der Waals surface area contributed by atoms with Gasteiger partial charge in [0.25, 0.3) is 0 Å². The SMILES string of the molecule is c1ccc(-c2ccc(N(c3ccccc3)c3cc4cccc5c6cccc7c(N(c8ccccc8)c8ccc(-c9ccccc9)cc8)cc8cccc(c9cccc3c9c45)c8c76)cc2)cc1. The molecule has 0 aliphatic heterocycles. The fourth-order valence-corrected chi connectivity index (χ4v) is 10.6. The van der Waals surface area contributed by atoms with E-state index in [0.717, 1.165) is 34.1 Å². The molecule has 0 radical (unpaired) electrons. The van der Waals surface area contributed by atoms with E-state index in [1.807, 2.05) is 0 Å². The van der Waals surface area contributed by atoms with Crippen LogP contribution in [0.3, 0.4) is 0 Å². The summed E-state index contributed by atoms with van der Waals surface area (Å²) in [5.74, 6) is 0. The molecule has 2 nitrogen and oxygen atoms in total. The average Bonchev–Trinajstić information content (AvgIpc) is 3.39. The summed E-state index contributed by atoms with van der Waals surface area (Å²) in [5.41, 5.74) is 11.5. The minimum Gasteiger partial charge on any atom is -0.310 e. The van der Waals surface area contributed by atoms with E-state index in [1.54, 1.807) is 0 Å². The molecule has 13 rings (SSSR count). The van der Waals surface area contributed by atoms with Gasteiger partial charge in [0.1, 0.15) is 0 Å². The zero-order chi connectivity index (χ0) is 43.6. The van der Waals surface area contributed by atoms with Crippen LogP contribution in [-0.4, -0.2) is 0 Å². The molecule has 0 aromatic heterocycles. The quantitative estimate of drug-likeness (QED) is 0.141. The predicted octanol–water partition coefficient (Wildman–Crippen LogP) is 18.3. The zero-order valence-corrected chi connectivity index (χ0v) is 36.1. The highest BCUT2D eigenvalue weighted by Crippen LogP contribution is 2.50. The normalized spacial score (nSPS) is 11.6. The fourth-order valence-electron chi connectivity index (χ4n) is 10.6. The van der Waals surface area contributed by atoms with Crippen molar-refractivity contribution in [1.82, 2.24) is 0 Å². The lowest BCUT2D eigenvalue weighted by Gasteiger charge is -2.29. The molecule has 13 aromatic carbocycles. The van der Waals surface area contributed by atoms with E-state index < -0.39 is 0 Å². The van der Waals surface area contributed by atoms with E-state index in [-0.39, 0.29) is 0 Å². The van der Waals surface area contributed by atoms with E-state index in [4.69, 9.17) is 0 Å². The first-order chi connectivity index (χ1) is 32.8. The van der Waals surface area contributed by atoms with E-state index in [9.17, 15) is 0 Å². The summed E-state index contributed by atoms with van der Waals surface area (Å²) in [5, 5.41) is 14.9. The third-order valence-corrected chi connectivity index (χ3v) is 13.5. The Morgan fingerprint density at radius 1 is 0.197 bits per heavy atom. The highest BCUT2D eigenvalue weighted by Gasteiger charge is 2.24.